The van der Waals surface area contributed by atoms with Gasteiger partial charge in [0.2, 0.25) is 0 Å². The summed E-state index contributed by atoms with van der Waals surface area (Å²) in [6.45, 7) is 6.15. The molecule has 0 spiro atoms. The third-order valence-corrected chi connectivity index (χ3v) is 5.15. The molecule has 0 aliphatic heterocycles. The molecule has 0 aliphatic rings. The first kappa shape index (κ1) is 12.5. The highest BCUT2D eigenvalue weighted by molar-refractivity contribution is 7.18. The molecule has 98 valence electrons. The number of nitrogens with zero attached hydrogens (tertiary/aromatic N) is 3. The molecule has 0 bridgehead atoms. The third kappa shape index (κ3) is 2.21. The fraction of sp³-hybridized carbons (Fsp3) is 0.308. The Morgan fingerprint density at radius 2 is 1.95 bits per heavy atom. The van der Waals surface area contributed by atoms with Gasteiger partial charge in [-0.1, -0.05) is 0 Å². The van der Waals surface area contributed by atoms with Gasteiger partial charge in [0.05, 0.1) is 11.8 Å². The van der Waals surface area contributed by atoms with Crippen molar-refractivity contribution in [2.75, 3.05) is 5.73 Å². The Morgan fingerprint density at radius 1 is 1.16 bits per heavy atom. The van der Waals surface area contributed by atoms with Crippen molar-refractivity contribution in [1.29, 1.82) is 0 Å². The molecule has 3 aromatic heterocycles. The summed E-state index contributed by atoms with van der Waals surface area (Å²) in [6.07, 6.45) is 0.647. The smallest absolute Gasteiger partial charge is 0.139 e. The Balaban J connectivity index is 2.06. The minimum absolute atomic E-state index is 0.579. The minimum atomic E-state index is 0.579. The molecule has 19 heavy (non-hydrogen) atoms. The molecule has 0 saturated carbocycles. The largest absolute Gasteiger partial charge is 0.383 e. The van der Waals surface area contributed by atoms with Gasteiger partial charge in [-0.05, 0) is 26.3 Å². The van der Waals surface area contributed by atoms with Crippen LogP contribution in [-0.4, -0.2) is 15.0 Å². The summed E-state index contributed by atoms with van der Waals surface area (Å²) in [5.74, 6) is 1.33. The highest BCUT2D eigenvalue weighted by atomic mass is 32.1. The van der Waals surface area contributed by atoms with Gasteiger partial charge in [-0.15, -0.1) is 22.7 Å². The minimum Gasteiger partial charge on any atom is -0.383 e. The summed E-state index contributed by atoms with van der Waals surface area (Å²) >= 11 is 3.31. The second-order valence-corrected chi connectivity index (χ2v) is 6.69. The normalized spacial score (nSPS) is 11.3. The maximum Gasteiger partial charge on any atom is 0.139 e. The Morgan fingerprint density at radius 3 is 2.63 bits per heavy atom. The Labute approximate surface area is 119 Å². The number of fused-ring (bicyclic) bond motifs is 1. The maximum absolute atomic E-state index is 6.07. The van der Waals surface area contributed by atoms with Gasteiger partial charge >= 0.3 is 0 Å². The molecule has 0 saturated heterocycles. The Hall–Kier alpha value is -1.53. The van der Waals surface area contributed by atoms with Gasteiger partial charge in [-0.3, -0.25) is 0 Å². The Kier molecular flexibility index (Phi) is 2.99. The van der Waals surface area contributed by atoms with Crippen LogP contribution >= 0.6 is 22.7 Å². The number of aromatic nitrogens is 3. The topological polar surface area (TPSA) is 64.7 Å². The molecule has 0 amide bonds. The zero-order valence-electron chi connectivity index (χ0n) is 11.0. The van der Waals surface area contributed by atoms with E-state index < -0.39 is 0 Å². The molecule has 3 heterocycles. The van der Waals surface area contributed by atoms with Gasteiger partial charge in [0.1, 0.15) is 21.5 Å². The predicted octanol–water partition coefficient (Wildman–Crippen LogP) is 3.25. The number of nitrogens with two attached hydrogens (primary N) is 1. The molecule has 3 rings (SSSR count). The first-order chi connectivity index (χ1) is 9.04. The van der Waals surface area contributed by atoms with E-state index in [1.807, 2.05) is 12.3 Å². The van der Waals surface area contributed by atoms with E-state index in [1.165, 1.54) is 10.4 Å². The lowest BCUT2D eigenvalue weighted by Crippen LogP contribution is -2.01. The molecular weight excluding hydrogens is 276 g/mol. The highest BCUT2D eigenvalue weighted by Gasteiger charge is 2.13. The van der Waals surface area contributed by atoms with Crippen LogP contribution in [-0.2, 0) is 6.42 Å². The fourth-order valence-electron chi connectivity index (χ4n) is 2.02. The summed E-state index contributed by atoms with van der Waals surface area (Å²) in [7, 11) is 0. The van der Waals surface area contributed by atoms with Crippen molar-refractivity contribution in [2.24, 2.45) is 0 Å². The van der Waals surface area contributed by atoms with Gasteiger partial charge in [-0.2, -0.15) is 0 Å². The summed E-state index contributed by atoms with van der Waals surface area (Å²) in [6, 6.07) is 0. The van der Waals surface area contributed by atoms with Crippen LogP contribution in [0.5, 0.6) is 0 Å². The lowest BCUT2D eigenvalue weighted by Gasteiger charge is -2.01. The average molecular weight is 290 g/mol. The molecular formula is C13H14N4S2. The van der Waals surface area contributed by atoms with E-state index >= 15 is 0 Å². The van der Waals surface area contributed by atoms with Crippen LogP contribution in [0.15, 0.2) is 5.38 Å². The second-order valence-electron chi connectivity index (χ2n) is 4.55. The number of thiophene rings is 1. The lowest BCUT2D eigenvalue weighted by atomic mass is 10.2. The van der Waals surface area contributed by atoms with Gasteiger partial charge in [0, 0.05) is 16.0 Å². The number of thiazole rings is 1. The van der Waals surface area contributed by atoms with E-state index in [-0.39, 0.29) is 0 Å². The van der Waals surface area contributed by atoms with E-state index in [2.05, 4.69) is 28.8 Å². The van der Waals surface area contributed by atoms with Gasteiger partial charge in [0.25, 0.3) is 0 Å². The third-order valence-electron chi connectivity index (χ3n) is 3.08. The van der Waals surface area contributed by atoms with Crippen LogP contribution < -0.4 is 5.73 Å². The van der Waals surface area contributed by atoms with E-state index in [9.17, 15) is 0 Å². The molecule has 0 unspecified atom stereocenters. The predicted molar refractivity (Wildman–Crippen MR) is 81.0 cm³/mol. The summed E-state index contributed by atoms with van der Waals surface area (Å²) in [5.41, 5.74) is 8.30. The van der Waals surface area contributed by atoms with Crippen molar-refractivity contribution < 1.29 is 0 Å². The van der Waals surface area contributed by atoms with Crippen LogP contribution in [0.25, 0.3) is 10.2 Å². The molecule has 0 fully saturated rings. The first-order valence-electron chi connectivity index (χ1n) is 5.97. The van der Waals surface area contributed by atoms with Crippen molar-refractivity contribution in [1.82, 2.24) is 15.0 Å². The van der Waals surface area contributed by atoms with Gasteiger partial charge in [0.15, 0.2) is 0 Å². The first-order valence-corrected chi connectivity index (χ1v) is 7.67. The van der Waals surface area contributed by atoms with Crippen molar-refractivity contribution in [3.8, 4) is 0 Å². The van der Waals surface area contributed by atoms with Crippen LogP contribution in [0, 0.1) is 20.8 Å². The summed E-state index contributed by atoms with van der Waals surface area (Å²) < 4.78 is 0. The number of anilines is 1. The van der Waals surface area contributed by atoms with E-state index in [1.54, 1.807) is 22.7 Å². The lowest BCUT2D eigenvalue weighted by molar-refractivity contribution is 0.980. The molecule has 4 nitrogen and oxygen atoms in total. The van der Waals surface area contributed by atoms with Crippen LogP contribution in [0.1, 0.15) is 27.0 Å². The molecule has 3 aromatic rings. The summed E-state index contributed by atoms with van der Waals surface area (Å²) in [5, 5.41) is 4.07. The molecule has 0 atom stereocenters. The van der Waals surface area contributed by atoms with Crippen LogP contribution in [0.4, 0.5) is 5.82 Å². The van der Waals surface area contributed by atoms with Crippen molar-refractivity contribution in [3.63, 3.8) is 0 Å². The second kappa shape index (κ2) is 4.54. The molecule has 0 aliphatic carbocycles. The number of rotatable bonds is 2. The zero-order chi connectivity index (χ0) is 13.6. The fourth-order valence-corrected chi connectivity index (χ4v) is 3.85. The average Bonchev–Trinajstić information content (AvgIpc) is 2.85. The molecule has 0 aromatic carbocycles. The van der Waals surface area contributed by atoms with Crippen LogP contribution in [0.3, 0.4) is 0 Å². The molecule has 0 radical (unpaired) electrons. The van der Waals surface area contributed by atoms with E-state index in [4.69, 9.17) is 5.73 Å². The molecule has 2 N–H and O–H groups in total. The van der Waals surface area contributed by atoms with Gasteiger partial charge < -0.3 is 5.73 Å². The van der Waals surface area contributed by atoms with Crippen molar-refractivity contribution in [2.45, 2.75) is 27.2 Å². The number of nitrogen functional groups attached to an aromatic ring is 1. The number of hydrogen-bond acceptors (Lipinski definition) is 6. The quantitative estimate of drug-likeness (QED) is 0.787. The SMILES string of the molecule is Cc1csc(Cc2nc(N)c3c(C)c(C)sc3n2)n1. The summed E-state index contributed by atoms with van der Waals surface area (Å²) in [4.78, 5) is 15.7. The molecule has 6 heteroatoms. The number of hydrogen-bond donors (Lipinski definition) is 1. The van der Waals surface area contributed by atoms with Gasteiger partial charge in [-0.25, -0.2) is 15.0 Å². The van der Waals surface area contributed by atoms with E-state index in [0.717, 1.165) is 26.7 Å². The van der Waals surface area contributed by atoms with Crippen LogP contribution in [0.2, 0.25) is 0 Å². The zero-order valence-corrected chi connectivity index (χ0v) is 12.7. The van der Waals surface area contributed by atoms with E-state index in [0.29, 0.717) is 12.2 Å². The Bertz CT molecular complexity index is 757. The standard InChI is InChI=1S/C13H14N4S2/c1-6-5-18-10(15-6)4-9-16-12(14)11-7(2)8(3)19-13(11)17-9/h5H,4H2,1-3H3,(H2,14,16,17). The number of aryl methyl sites for hydroxylation is 3. The maximum atomic E-state index is 6.07. The van der Waals surface area contributed by atoms with Crippen molar-refractivity contribution >= 4 is 38.7 Å². The highest BCUT2D eigenvalue weighted by Crippen LogP contribution is 2.32. The van der Waals surface area contributed by atoms with Crippen molar-refractivity contribution in [3.05, 3.63) is 32.3 Å². The monoisotopic (exact) mass is 290 g/mol.